The average molecular weight is 419 g/mol. The van der Waals surface area contributed by atoms with Gasteiger partial charge in [-0.3, -0.25) is 4.31 Å². The number of aromatic carboxylic acids is 1. The van der Waals surface area contributed by atoms with Crippen molar-refractivity contribution in [1.82, 2.24) is 0 Å². The SMILES string of the molecule is CCN(c1ccc(C(=O)O)cc1)S(=O)(=O)c1cc(S(N)(=O)=O)ccc1Cl. The Labute approximate surface area is 155 Å². The Kier molecular flexibility index (Phi) is 5.61. The molecule has 0 aliphatic rings. The highest BCUT2D eigenvalue weighted by Gasteiger charge is 2.27. The van der Waals surface area contributed by atoms with E-state index in [9.17, 15) is 21.6 Å². The fourth-order valence-electron chi connectivity index (χ4n) is 2.24. The Morgan fingerprint density at radius 1 is 1.12 bits per heavy atom. The summed E-state index contributed by atoms with van der Waals surface area (Å²) in [5.74, 6) is -1.15. The van der Waals surface area contributed by atoms with Crippen LogP contribution in [0.5, 0.6) is 0 Å². The molecule has 2 aromatic rings. The van der Waals surface area contributed by atoms with E-state index in [1.807, 2.05) is 0 Å². The molecule has 2 aromatic carbocycles. The summed E-state index contributed by atoms with van der Waals surface area (Å²) in [6.07, 6.45) is 0. The third kappa shape index (κ3) is 3.98. The van der Waals surface area contributed by atoms with E-state index in [1.54, 1.807) is 6.92 Å². The first-order chi connectivity index (χ1) is 12.0. The molecule has 2 rings (SSSR count). The van der Waals surface area contributed by atoms with Crippen molar-refractivity contribution in [2.45, 2.75) is 16.7 Å². The predicted octanol–water partition coefficient (Wildman–Crippen LogP) is 1.90. The molecule has 8 nitrogen and oxygen atoms in total. The maximum Gasteiger partial charge on any atom is 0.335 e. The molecule has 0 heterocycles. The van der Waals surface area contributed by atoms with Gasteiger partial charge in [-0.25, -0.2) is 26.8 Å². The molecule has 0 amide bonds. The molecule has 0 unspecified atom stereocenters. The zero-order valence-corrected chi connectivity index (χ0v) is 15.8. The summed E-state index contributed by atoms with van der Waals surface area (Å²) in [6, 6.07) is 8.33. The van der Waals surface area contributed by atoms with Crippen molar-refractivity contribution in [2.75, 3.05) is 10.8 Å². The molecule has 0 saturated heterocycles. The van der Waals surface area contributed by atoms with Crippen LogP contribution >= 0.6 is 11.6 Å². The zero-order valence-electron chi connectivity index (χ0n) is 13.5. The first-order valence-corrected chi connectivity index (χ1v) is 10.5. The van der Waals surface area contributed by atoms with Crippen molar-refractivity contribution in [2.24, 2.45) is 5.14 Å². The number of sulfonamides is 2. The Bertz CT molecular complexity index is 1050. The van der Waals surface area contributed by atoms with Crippen LogP contribution in [-0.2, 0) is 20.0 Å². The van der Waals surface area contributed by atoms with Crippen molar-refractivity contribution < 1.29 is 26.7 Å². The molecule has 11 heteroatoms. The number of nitrogens with two attached hydrogens (primary N) is 1. The molecule has 0 saturated carbocycles. The summed E-state index contributed by atoms with van der Waals surface area (Å²) in [7, 11) is -8.34. The van der Waals surface area contributed by atoms with Crippen molar-refractivity contribution in [1.29, 1.82) is 0 Å². The number of anilines is 1. The summed E-state index contributed by atoms with van der Waals surface area (Å²) in [6.45, 7) is 1.57. The lowest BCUT2D eigenvalue weighted by molar-refractivity contribution is 0.0697. The van der Waals surface area contributed by atoms with Crippen LogP contribution in [0.3, 0.4) is 0 Å². The number of rotatable bonds is 6. The van der Waals surface area contributed by atoms with Gasteiger partial charge in [-0.15, -0.1) is 0 Å². The fourth-order valence-corrected chi connectivity index (χ4v) is 4.83. The Morgan fingerprint density at radius 3 is 2.15 bits per heavy atom. The molecule has 0 spiro atoms. The number of hydrogen-bond donors (Lipinski definition) is 2. The highest BCUT2D eigenvalue weighted by Crippen LogP contribution is 2.30. The van der Waals surface area contributed by atoms with Gasteiger partial charge in [-0.1, -0.05) is 11.6 Å². The minimum absolute atomic E-state index is 0.00328. The molecule has 0 aromatic heterocycles. The van der Waals surface area contributed by atoms with Crippen LogP contribution in [0, 0.1) is 0 Å². The molecule has 0 bridgehead atoms. The summed E-state index contributed by atoms with van der Waals surface area (Å²) >= 11 is 5.97. The van der Waals surface area contributed by atoms with E-state index >= 15 is 0 Å². The first-order valence-electron chi connectivity index (χ1n) is 7.17. The molecule has 0 fully saturated rings. The molecule has 0 atom stereocenters. The molecular weight excluding hydrogens is 404 g/mol. The number of halogens is 1. The number of carbonyl (C=O) groups is 1. The monoisotopic (exact) mass is 418 g/mol. The minimum Gasteiger partial charge on any atom is -0.478 e. The van der Waals surface area contributed by atoms with Crippen molar-refractivity contribution in [3.8, 4) is 0 Å². The lowest BCUT2D eigenvalue weighted by Gasteiger charge is -2.23. The van der Waals surface area contributed by atoms with Gasteiger partial charge in [0, 0.05) is 6.54 Å². The number of carboxylic acids is 1. The van der Waals surface area contributed by atoms with Crippen LogP contribution in [-0.4, -0.2) is 34.5 Å². The van der Waals surface area contributed by atoms with E-state index in [2.05, 4.69) is 0 Å². The second-order valence-corrected chi connectivity index (χ2v) is 8.96. The van der Waals surface area contributed by atoms with Gasteiger partial charge in [-0.05, 0) is 49.4 Å². The predicted molar refractivity (Wildman–Crippen MR) is 96.4 cm³/mol. The highest BCUT2D eigenvalue weighted by molar-refractivity contribution is 7.93. The Balaban J connectivity index is 2.58. The maximum absolute atomic E-state index is 13.0. The minimum atomic E-state index is -4.22. The van der Waals surface area contributed by atoms with Crippen LogP contribution in [0.1, 0.15) is 17.3 Å². The van der Waals surface area contributed by atoms with E-state index in [4.69, 9.17) is 21.8 Å². The lowest BCUT2D eigenvalue weighted by atomic mass is 10.2. The summed E-state index contributed by atoms with van der Waals surface area (Å²) in [5.41, 5.74) is 0.200. The van der Waals surface area contributed by atoms with Crippen molar-refractivity contribution >= 4 is 43.3 Å². The van der Waals surface area contributed by atoms with Crippen LogP contribution in [0.15, 0.2) is 52.3 Å². The van der Waals surface area contributed by atoms with Gasteiger partial charge in [0.1, 0.15) is 4.90 Å². The normalized spacial score (nSPS) is 12.0. The second-order valence-electron chi connectivity index (χ2n) is 5.16. The second kappa shape index (κ2) is 7.23. The van der Waals surface area contributed by atoms with Crippen LogP contribution < -0.4 is 9.44 Å². The first kappa shape index (κ1) is 20.2. The van der Waals surface area contributed by atoms with Crippen molar-refractivity contribution in [3.63, 3.8) is 0 Å². The van der Waals surface area contributed by atoms with Gasteiger partial charge < -0.3 is 5.11 Å². The topological polar surface area (TPSA) is 135 Å². The zero-order chi connectivity index (χ0) is 19.7. The Hall–Kier alpha value is -2.14. The summed E-state index contributed by atoms with van der Waals surface area (Å²) in [5, 5.41) is 13.8. The summed E-state index contributed by atoms with van der Waals surface area (Å²) in [4.78, 5) is 10.1. The molecular formula is C15H15ClN2O6S2. The molecule has 140 valence electrons. The van der Waals surface area contributed by atoms with Crippen LogP contribution in [0.25, 0.3) is 0 Å². The Morgan fingerprint density at radius 2 is 1.69 bits per heavy atom. The van der Waals surface area contributed by atoms with E-state index in [0.717, 1.165) is 22.5 Å². The largest absolute Gasteiger partial charge is 0.478 e. The molecule has 0 aliphatic carbocycles. The van der Waals surface area contributed by atoms with Crippen LogP contribution in [0.2, 0.25) is 5.02 Å². The van der Waals surface area contributed by atoms with Crippen LogP contribution in [0.4, 0.5) is 5.69 Å². The molecule has 26 heavy (non-hydrogen) atoms. The smallest absolute Gasteiger partial charge is 0.335 e. The third-order valence-corrected chi connectivity index (χ3v) is 6.78. The van der Waals surface area contributed by atoms with Gasteiger partial charge in [-0.2, -0.15) is 0 Å². The number of benzene rings is 2. The molecule has 3 N–H and O–H groups in total. The van der Waals surface area contributed by atoms with E-state index in [0.29, 0.717) is 0 Å². The van der Waals surface area contributed by atoms with Gasteiger partial charge in [0.15, 0.2) is 0 Å². The maximum atomic E-state index is 13.0. The van der Waals surface area contributed by atoms with Gasteiger partial charge >= 0.3 is 5.97 Å². The molecule has 0 radical (unpaired) electrons. The van der Waals surface area contributed by atoms with E-state index < -0.39 is 35.8 Å². The lowest BCUT2D eigenvalue weighted by Crippen LogP contribution is -2.31. The number of carboxylic acid groups (broad SMARTS) is 1. The highest BCUT2D eigenvalue weighted by atomic mass is 35.5. The standard InChI is InChI=1S/C15H15ClN2O6S2/c1-2-18(11-5-3-10(4-6-11)15(19)20)26(23,24)14-9-12(25(17,21)22)7-8-13(14)16/h3-9H,2H2,1H3,(H,19,20)(H2,17,21,22). The summed E-state index contributed by atoms with van der Waals surface area (Å²) < 4.78 is 49.9. The van der Waals surface area contributed by atoms with E-state index in [-0.39, 0.29) is 22.8 Å². The fraction of sp³-hybridized carbons (Fsp3) is 0.133. The van der Waals surface area contributed by atoms with Gasteiger partial charge in [0.2, 0.25) is 10.0 Å². The third-order valence-electron chi connectivity index (χ3n) is 3.49. The molecule has 0 aliphatic heterocycles. The number of primary sulfonamides is 1. The quantitative estimate of drug-likeness (QED) is 0.735. The van der Waals surface area contributed by atoms with Gasteiger partial charge in [0.05, 0.1) is 21.2 Å². The van der Waals surface area contributed by atoms with E-state index in [1.165, 1.54) is 24.3 Å². The number of hydrogen-bond acceptors (Lipinski definition) is 5. The van der Waals surface area contributed by atoms with Crippen molar-refractivity contribution in [3.05, 3.63) is 53.1 Å². The average Bonchev–Trinajstić information content (AvgIpc) is 2.54. The van der Waals surface area contributed by atoms with Gasteiger partial charge in [0.25, 0.3) is 10.0 Å². The number of nitrogens with zero attached hydrogens (tertiary/aromatic N) is 1.